The molecule has 0 unspecified atom stereocenters. The molecule has 3 aliphatic carbocycles. The molecular weight excluding hydrogens is 283 g/mol. The van der Waals surface area contributed by atoms with E-state index in [9.17, 15) is 4.39 Å². The van der Waals surface area contributed by atoms with Crippen molar-refractivity contribution in [3.63, 3.8) is 0 Å². The second-order valence-electron chi connectivity index (χ2n) is 4.88. The van der Waals surface area contributed by atoms with Gasteiger partial charge in [-0.05, 0) is 52.4 Å². The summed E-state index contributed by atoms with van der Waals surface area (Å²) < 4.78 is 14.2. The second-order valence-corrected chi connectivity index (χ2v) is 5.74. The predicted molar refractivity (Wildman–Crippen MR) is 66.4 cm³/mol. The molecule has 1 aromatic carbocycles. The summed E-state index contributed by atoms with van der Waals surface area (Å²) in [5.41, 5.74) is 4.43. The number of hydrogen-bond acceptors (Lipinski definition) is 1. The summed E-state index contributed by atoms with van der Waals surface area (Å²) in [6, 6.07) is 3.54. The zero-order valence-corrected chi connectivity index (χ0v) is 10.6. The van der Waals surface area contributed by atoms with Gasteiger partial charge in [-0.15, -0.1) is 0 Å². The molecule has 2 bridgehead atoms. The number of aromatic amines is 1. The Hall–Kier alpha value is -1.16. The van der Waals surface area contributed by atoms with Crippen LogP contribution >= 0.6 is 15.9 Å². The van der Waals surface area contributed by atoms with Crippen LogP contribution in [0.5, 0.6) is 0 Å². The maximum absolute atomic E-state index is 13.7. The van der Waals surface area contributed by atoms with Crippen molar-refractivity contribution < 1.29 is 4.39 Å². The Kier molecular flexibility index (Phi) is 1.85. The third kappa shape index (κ3) is 1.22. The lowest BCUT2D eigenvalue weighted by Gasteiger charge is -2.33. The summed E-state index contributed by atoms with van der Waals surface area (Å²) in [6.45, 7) is 0. The van der Waals surface area contributed by atoms with Gasteiger partial charge in [-0.25, -0.2) is 9.37 Å². The quantitative estimate of drug-likeness (QED) is 0.782. The summed E-state index contributed by atoms with van der Waals surface area (Å²) in [5.74, 6) is 0.901. The summed E-state index contributed by atoms with van der Waals surface area (Å²) in [7, 11) is 0. The number of nitrogens with one attached hydrogen (secondary N) is 1. The van der Waals surface area contributed by atoms with E-state index >= 15 is 0 Å². The molecule has 17 heavy (non-hydrogen) atoms. The monoisotopic (exact) mass is 292 g/mol. The van der Waals surface area contributed by atoms with Crippen molar-refractivity contribution >= 4 is 15.9 Å². The highest BCUT2D eigenvalue weighted by Gasteiger charge is 2.39. The summed E-state index contributed by atoms with van der Waals surface area (Å²) in [5, 5.41) is 0. The van der Waals surface area contributed by atoms with Gasteiger partial charge in [-0.3, -0.25) is 0 Å². The zero-order chi connectivity index (χ0) is 11.6. The Morgan fingerprint density at radius 2 is 2.12 bits per heavy atom. The van der Waals surface area contributed by atoms with Crippen LogP contribution in [-0.2, 0) is 0 Å². The fourth-order valence-electron chi connectivity index (χ4n) is 3.04. The average Bonchev–Trinajstić information content (AvgIpc) is 2.62. The second kappa shape index (κ2) is 3.19. The van der Waals surface area contributed by atoms with Crippen LogP contribution in [0.3, 0.4) is 0 Å². The number of halogens is 2. The zero-order valence-electron chi connectivity index (χ0n) is 9.00. The maximum atomic E-state index is 13.7. The minimum Gasteiger partial charge on any atom is -0.348 e. The van der Waals surface area contributed by atoms with E-state index in [1.807, 2.05) is 6.07 Å². The molecule has 0 radical (unpaired) electrons. The molecule has 0 saturated heterocycles. The van der Waals surface area contributed by atoms with E-state index in [-0.39, 0.29) is 5.82 Å². The summed E-state index contributed by atoms with van der Waals surface area (Å²) in [4.78, 5) is 7.65. The molecule has 0 aliphatic heterocycles. The normalized spacial score (nSPS) is 24.6. The third-order valence-electron chi connectivity index (χ3n) is 4.00. The van der Waals surface area contributed by atoms with Crippen LogP contribution in [0.2, 0.25) is 0 Å². The van der Waals surface area contributed by atoms with Gasteiger partial charge < -0.3 is 4.98 Å². The van der Waals surface area contributed by atoms with Crippen molar-refractivity contribution in [3.8, 4) is 11.3 Å². The standard InChI is InChI=1S/C13H10BrFN2/c14-10-3-9-8(4-11(10)15)6-1-7(2-6)12-13(9)17-5-16-12/h3-7H,1-2H2,(H,16,17). The molecule has 0 amide bonds. The van der Waals surface area contributed by atoms with Gasteiger partial charge in [0.15, 0.2) is 0 Å². The minimum absolute atomic E-state index is 0.175. The van der Waals surface area contributed by atoms with E-state index in [0.717, 1.165) is 29.7 Å². The van der Waals surface area contributed by atoms with Crippen molar-refractivity contribution in [1.29, 1.82) is 0 Å². The van der Waals surface area contributed by atoms with Gasteiger partial charge in [0.05, 0.1) is 16.5 Å². The van der Waals surface area contributed by atoms with E-state index < -0.39 is 0 Å². The Morgan fingerprint density at radius 3 is 2.94 bits per heavy atom. The van der Waals surface area contributed by atoms with Gasteiger partial charge in [-0.1, -0.05) is 0 Å². The van der Waals surface area contributed by atoms with E-state index in [1.54, 1.807) is 12.4 Å². The Labute approximate surface area is 106 Å². The highest BCUT2D eigenvalue weighted by molar-refractivity contribution is 9.10. The Balaban J connectivity index is 2.06. The van der Waals surface area contributed by atoms with Crippen molar-refractivity contribution in [3.05, 3.63) is 40.0 Å². The van der Waals surface area contributed by atoms with Crippen LogP contribution < -0.4 is 0 Å². The first-order valence-electron chi connectivity index (χ1n) is 5.76. The highest BCUT2D eigenvalue weighted by Crippen LogP contribution is 2.54. The van der Waals surface area contributed by atoms with E-state index in [0.29, 0.717) is 16.3 Å². The molecule has 2 nitrogen and oxygen atoms in total. The molecule has 0 spiro atoms. The number of aromatic nitrogens is 2. The molecular formula is C13H10BrFN2. The smallest absolute Gasteiger partial charge is 0.137 e. The molecule has 4 heteroatoms. The van der Waals surface area contributed by atoms with Gasteiger partial charge in [-0.2, -0.15) is 0 Å². The van der Waals surface area contributed by atoms with Gasteiger partial charge >= 0.3 is 0 Å². The molecule has 3 aliphatic rings. The SMILES string of the molecule is Fc1cc2c(cc1Br)-c1nc[nH]c1C1CC2C1. The lowest BCUT2D eigenvalue weighted by atomic mass is 9.72. The van der Waals surface area contributed by atoms with Crippen molar-refractivity contribution in [2.24, 2.45) is 0 Å². The van der Waals surface area contributed by atoms with Gasteiger partial charge in [0.25, 0.3) is 0 Å². The maximum Gasteiger partial charge on any atom is 0.137 e. The number of rotatable bonds is 0. The third-order valence-corrected chi connectivity index (χ3v) is 4.61. The Bertz CT molecular complexity index is 614. The van der Waals surface area contributed by atoms with Crippen molar-refractivity contribution in [1.82, 2.24) is 9.97 Å². The first-order valence-corrected chi connectivity index (χ1v) is 6.56. The molecule has 2 aromatic rings. The van der Waals surface area contributed by atoms with Crippen molar-refractivity contribution in [2.75, 3.05) is 0 Å². The van der Waals surface area contributed by atoms with Crippen LogP contribution in [0.25, 0.3) is 11.3 Å². The van der Waals surface area contributed by atoms with Crippen molar-refractivity contribution in [2.45, 2.75) is 24.7 Å². The lowest BCUT2D eigenvalue weighted by Crippen LogP contribution is -2.18. The first-order chi connectivity index (χ1) is 8.24. The van der Waals surface area contributed by atoms with Gasteiger partial charge in [0.1, 0.15) is 5.82 Å². The molecule has 86 valence electrons. The number of H-pyrrole nitrogens is 1. The number of benzene rings is 1. The number of nitrogens with zero attached hydrogens (tertiary/aromatic N) is 1. The molecule has 1 heterocycles. The number of hydrogen-bond donors (Lipinski definition) is 1. The van der Waals surface area contributed by atoms with Gasteiger partial charge in [0.2, 0.25) is 0 Å². The minimum atomic E-state index is -0.175. The highest BCUT2D eigenvalue weighted by atomic mass is 79.9. The topological polar surface area (TPSA) is 28.7 Å². The first kappa shape index (κ1) is 9.83. The van der Waals surface area contributed by atoms with E-state index in [1.165, 1.54) is 5.69 Å². The predicted octanol–water partition coefficient (Wildman–Crippen LogP) is 3.95. The van der Waals surface area contributed by atoms with E-state index in [4.69, 9.17) is 0 Å². The molecule has 1 aromatic heterocycles. The Morgan fingerprint density at radius 1 is 1.29 bits per heavy atom. The molecule has 1 fully saturated rings. The van der Waals surface area contributed by atoms with E-state index in [2.05, 4.69) is 25.9 Å². The molecule has 0 atom stereocenters. The van der Waals surface area contributed by atoms with Crippen LogP contribution in [0, 0.1) is 5.82 Å². The van der Waals surface area contributed by atoms with Crippen LogP contribution in [0.15, 0.2) is 22.9 Å². The lowest BCUT2D eigenvalue weighted by molar-refractivity contribution is 0.351. The van der Waals surface area contributed by atoms with Crippen LogP contribution in [-0.4, -0.2) is 9.97 Å². The largest absolute Gasteiger partial charge is 0.348 e. The average molecular weight is 293 g/mol. The van der Waals surface area contributed by atoms with Crippen LogP contribution in [0.1, 0.15) is 35.9 Å². The molecule has 1 saturated carbocycles. The number of imidazole rings is 1. The fourth-order valence-corrected chi connectivity index (χ4v) is 3.39. The fraction of sp³-hybridized carbons (Fsp3) is 0.308. The molecule has 1 N–H and O–H groups in total. The molecule has 5 rings (SSSR count). The van der Waals surface area contributed by atoms with Crippen LogP contribution in [0.4, 0.5) is 4.39 Å². The van der Waals surface area contributed by atoms with Gasteiger partial charge in [0, 0.05) is 17.2 Å². The summed E-state index contributed by atoms with van der Waals surface area (Å²) >= 11 is 3.26. The summed E-state index contributed by atoms with van der Waals surface area (Å²) in [6.07, 6.45) is 3.97.